The van der Waals surface area contributed by atoms with Crippen molar-refractivity contribution < 1.29 is 35.0 Å². The zero-order chi connectivity index (χ0) is 25.9. The number of hydrogen-bond acceptors (Lipinski definition) is 5. The van der Waals surface area contributed by atoms with Crippen molar-refractivity contribution in [3.63, 3.8) is 0 Å². The second-order valence-electron chi connectivity index (χ2n) is 8.47. The lowest BCUT2D eigenvalue weighted by Gasteiger charge is -2.30. The van der Waals surface area contributed by atoms with Gasteiger partial charge < -0.3 is 13.5 Å². The van der Waals surface area contributed by atoms with Crippen molar-refractivity contribution in [2.45, 2.75) is 38.0 Å². The summed E-state index contributed by atoms with van der Waals surface area (Å²) in [6.45, 7) is 3.65. The molecule has 1 heterocycles. The fourth-order valence-corrected chi connectivity index (χ4v) is 4.28. The Morgan fingerprint density at radius 1 is 1.03 bits per heavy atom. The summed E-state index contributed by atoms with van der Waals surface area (Å²) < 4.78 is 74.7. The topological polar surface area (TPSA) is 76.8 Å². The molecule has 0 saturated carbocycles. The minimum absolute atomic E-state index is 0.0822. The zero-order valence-corrected chi connectivity index (χ0v) is 20.5. The number of nitrogens with zero attached hydrogens (tertiary/aromatic N) is 1. The van der Waals surface area contributed by atoms with Crippen molar-refractivity contribution in [2.24, 2.45) is 5.41 Å². The van der Waals surface area contributed by atoms with Crippen LogP contribution in [0.25, 0.3) is 0 Å². The van der Waals surface area contributed by atoms with E-state index in [1.807, 2.05) is 0 Å². The summed E-state index contributed by atoms with van der Waals surface area (Å²) in [6.07, 6.45) is -3.22. The lowest BCUT2D eigenvalue weighted by molar-refractivity contribution is -0.141. The number of carbonyl (C=O) groups is 1. The van der Waals surface area contributed by atoms with E-state index in [0.29, 0.717) is 17.4 Å². The lowest BCUT2D eigenvalue weighted by atomic mass is 9.94. The van der Waals surface area contributed by atoms with Gasteiger partial charge in [0, 0.05) is 12.4 Å². The molecule has 0 unspecified atom stereocenters. The van der Waals surface area contributed by atoms with Crippen molar-refractivity contribution in [1.29, 1.82) is 0 Å². The molecule has 3 rings (SSSR count). The van der Waals surface area contributed by atoms with Crippen LogP contribution in [-0.2, 0) is 34.2 Å². The number of hydrogen-bond donors (Lipinski definition) is 0. The molecule has 0 spiro atoms. The molecule has 2 aromatic carbocycles. The molecule has 0 radical (unpaired) electrons. The predicted molar refractivity (Wildman–Crippen MR) is 123 cm³/mol. The first-order chi connectivity index (χ1) is 16.3. The van der Waals surface area contributed by atoms with Gasteiger partial charge in [-0.05, 0) is 61.9 Å². The molecule has 0 aliphatic rings. The van der Waals surface area contributed by atoms with Gasteiger partial charge in [-0.15, -0.1) is 11.6 Å². The molecule has 188 valence electrons. The molecule has 11 heteroatoms. The van der Waals surface area contributed by atoms with Gasteiger partial charge >= 0.3 is 16.3 Å². The van der Waals surface area contributed by atoms with E-state index in [2.05, 4.69) is 0 Å². The Morgan fingerprint density at radius 3 is 2.37 bits per heavy atom. The number of halogens is 4. The van der Waals surface area contributed by atoms with E-state index in [1.54, 1.807) is 32.0 Å². The molecular weight excluding hydrogens is 507 g/mol. The third kappa shape index (κ3) is 6.79. The number of alkyl halides is 4. The van der Waals surface area contributed by atoms with Gasteiger partial charge in [0.2, 0.25) is 5.91 Å². The SMILES string of the molecule is CC(C)(CCl)C(=O)N(Cc1cccc(OS(=O)(=O)c2cccc(C(F)(F)F)c2)c1)Cc1ccco1. The molecule has 1 amide bonds. The number of rotatable bonds is 9. The minimum Gasteiger partial charge on any atom is -0.467 e. The number of carbonyl (C=O) groups excluding carboxylic acids is 1. The van der Waals surface area contributed by atoms with E-state index in [9.17, 15) is 26.4 Å². The van der Waals surface area contributed by atoms with Crippen molar-refractivity contribution >= 4 is 27.6 Å². The molecule has 0 saturated heterocycles. The van der Waals surface area contributed by atoms with Crippen molar-refractivity contribution in [2.75, 3.05) is 5.88 Å². The first kappa shape index (κ1) is 26.6. The Balaban J connectivity index is 1.85. The first-order valence-electron chi connectivity index (χ1n) is 10.4. The highest BCUT2D eigenvalue weighted by Gasteiger charge is 2.33. The summed E-state index contributed by atoms with van der Waals surface area (Å²) in [5, 5.41) is 0. The van der Waals surface area contributed by atoms with Crippen LogP contribution in [0.3, 0.4) is 0 Å². The quantitative estimate of drug-likeness (QED) is 0.256. The van der Waals surface area contributed by atoms with Gasteiger partial charge in [0.15, 0.2) is 0 Å². The van der Waals surface area contributed by atoms with Gasteiger partial charge in [0.25, 0.3) is 0 Å². The monoisotopic (exact) mass is 529 g/mol. The second kappa shape index (κ2) is 10.3. The first-order valence-corrected chi connectivity index (χ1v) is 12.3. The van der Waals surface area contributed by atoms with E-state index in [0.717, 1.165) is 18.2 Å². The average Bonchev–Trinajstić information content (AvgIpc) is 3.31. The third-order valence-electron chi connectivity index (χ3n) is 5.05. The van der Waals surface area contributed by atoms with Gasteiger partial charge in [-0.2, -0.15) is 21.6 Å². The Morgan fingerprint density at radius 2 is 1.74 bits per heavy atom. The van der Waals surface area contributed by atoms with Gasteiger partial charge in [-0.25, -0.2) is 0 Å². The van der Waals surface area contributed by atoms with Crippen LogP contribution in [0.15, 0.2) is 76.2 Å². The Bertz CT molecular complexity index is 1270. The Kier molecular flexibility index (Phi) is 7.86. The Labute approximate surface area is 206 Å². The molecule has 0 fully saturated rings. The van der Waals surface area contributed by atoms with E-state index >= 15 is 0 Å². The maximum atomic E-state index is 13.1. The molecule has 0 bridgehead atoms. The van der Waals surface area contributed by atoms with Gasteiger partial charge in [-0.1, -0.05) is 18.2 Å². The maximum absolute atomic E-state index is 13.1. The van der Waals surface area contributed by atoms with Crippen LogP contribution in [-0.4, -0.2) is 25.1 Å². The van der Waals surface area contributed by atoms with Crippen LogP contribution < -0.4 is 4.18 Å². The van der Waals surface area contributed by atoms with Crippen LogP contribution in [0.1, 0.15) is 30.7 Å². The molecule has 6 nitrogen and oxygen atoms in total. The van der Waals surface area contributed by atoms with Crippen LogP contribution in [0, 0.1) is 5.41 Å². The normalized spacial score (nSPS) is 12.4. The van der Waals surface area contributed by atoms with Crippen molar-refractivity contribution in [1.82, 2.24) is 4.90 Å². The summed E-state index contributed by atoms with van der Waals surface area (Å²) in [7, 11) is -4.54. The molecule has 0 atom stereocenters. The van der Waals surface area contributed by atoms with E-state index in [-0.39, 0.29) is 30.6 Å². The predicted octanol–water partition coefficient (Wildman–Crippen LogP) is 5.86. The standard InChI is InChI=1S/C24H23ClF3NO5S/c1-23(2,16-25)22(30)29(15-20-9-5-11-33-20)14-17-6-3-8-19(12-17)34-35(31,32)21-10-4-7-18(13-21)24(26,27)28/h3-13H,14-16H2,1-2H3. The van der Waals surface area contributed by atoms with E-state index in [1.165, 1.54) is 29.4 Å². The van der Waals surface area contributed by atoms with Crippen LogP contribution in [0.2, 0.25) is 0 Å². The van der Waals surface area contributed by atoms with Gasteiger partial charge in [-0.3, -0.25) is 4.79 Å². The summed E-state index contributed by atoms with van der Waals surface area (Å²) in [5.74, 6) is 0.274. The minimum atomic E-state index is -4.70. The summed E-state index contributed by atoms with van der Waals surface area (Å²) >= 11 is 5.98. The molecule has 0 aliphatic heterocycles. The zero-order valence-electron chi connectivity index (χ0n) is 18.9. The van der Waals surface area contributed by atoms with Crippen LogP contribution in [0.4, 0.5) is 13.2 Å². The molecular formula is C24H23ClF3NO5S. The van der Waals surface area contributed by atoms with Crippen LogP contribution in [0.5, 0.6) is 5.75 Å². The average molecular weight is 530 g/mol. The van der Waals surface area contributed by atoms with E-state index < -0.39 is 32.2 Å². The fraction of sp³-hybridized carbons (Fsp3) is 0.292. The molecule has 0 N–H and O–H groups in total. The number of benzene rings is 2. The highest BCUT2D eigenvalue weighted by atomic mass is 35.5. The van der Waals surface area contributed by atoms with Crippen molar-refractivity contribution in [3.05, 3.63) is 83.8 Å². The second-order valence-corrected chi connectivity index (χ2v) is 10.3. The highest BCUT2D eigenvalue weighted by Crippen LogP contribution is 2.31. The molecule has 1 aromatic heterocycles. The summed E-state index contributed by atoms with van der Waals surface area (Å²) in [5.41, 5.74) is -1.44. The summed E-state index contributed by atoms with van der Waals surface area (Å²) in [6, 6.07) is 12.7. The van der Waals surface area contributed by atoms with Crippen molar-refractivity contribution in [3.8, 4) is 5.75 Å². The summed E-state index contributed by atoms with van der Waals surface area (Å²) in [4.78, 5) is 14.0. The maximum Gasteiger partial charge on any atom is 0.416 e. The van der Waals surface area contributed by atoms with Gasteiger partial charge in [0.05, 0.1) is 23.8 Å². The van der Waals surface area contributed by atoms with Gasteiger partial charge in [0.1, 0.15) is 16.4 Å². The Hall–Kier alpha value is -2.98. The smallest absolute Gasteiger partial charge is 0.416 e. The third-order valence-corrected chi connectivity index (χ3v) is 6.97. The number of furan rings is 1. The van der Waals surface area contributed by atoms with Crippen LogP contribution >= 0.6 is 11.6 Å². The van der Waals surface area contributed by atoms with E-state index in [4.69, 9.17) is 20.2 Å². The fourth-order valence-electron chi connectivity index (χ4n) is 3.19. The largest absolute Gasteiger partial charge is 0.467 e. The molecule has 0 aliphatic carbocycles. The lowest BCUT2D eigenvalue weighted by Crippen LogP contribution is -2.41. The highest BCUT2D eigenvalue weighted by molar-refractivity contribution is 7.87. The molecule has 3 aromatic rings. The molecule has 35 heavy (non-hydrogen) atoms. The number of amides is 1.